The van der Waals surface area contributed by atoms with E-state index in [0.29, 0.717) is 22.9 Å². The molecule has 5 nitrogen and oxygen atoms in total. The van der Waals surface area contributed by atoms with Crippen LogP contribution in [0.25, 0.3) is 0 Å². The number of rotatable bonds is 3. The molecule has 0 bridgehead atoms. The van der Waals surface area contributed by atoms with Gasteiger partial charge in [0, 0.05) is 47.6 Å². The van der Waals surface area contributed by atoms with Crippen LogP contribution in [0.2, 0.25) is 5.02 Å². The second kappa shape index (κ2) is 6.46. The lowest BCUT2D eigenvalue weighted by Crippen LogP contribution is -2.36. The van der Waals surface area contributed by atoms with Crippen molar-refractivity contribution in [1.29, 1.82) is 0 Å². The summed E-state index contributed by atoms with van der Waals surface area (Å²) in [4.78, 5) is 13.9. The van der Waals surface area contributed by atoms with Gasteiger partial charge in [0.1, 0.15) is 11.6 Å². The second-order valence-electron chi connectivity index (χ2n) is 6.10. The Morgan fingerprint density at radius 2 is 2.20 bits per heavy atom. The Bertz CT molecular complexity index is 910. The highest BCUT2D eigenvalue weighted by Gasteiger charge is 2.33. The van der Waals surface area contributed by atoms with Crippen molar-refractivity contribution in [3.63, 3.8) is 0 Å². The molecule has 1 aromatic carbocycles. The van der Waals surface area contributed by atoms with Crippen LogP contribution in [-0.2, 0) is 13.0 Å². The highest BCUT2D eigenvalue weighted by Crippen LogP contribution is 2.36. The summed E-state index contributed by atoms with van der Waals surface area (Å²) in [6, 6.07) is 8.27. The Labute approximate surface area is 149 Å². The number of halogens is 2. The molecule has 1 aliphatic rings. The van der Waals surface area contributed by atoms with Crippen LogP contribution in [0.3, 0.4) is 0 Å². The molecule has 3 N–H and O–H groups in total. The molecule has 0 unspecified atom stereocenters. The molecule has 0 amide bonds. The smallest absolute Gasteiger partial charge is 0.129 e. The predicted molar refractivity (Wildman–Crippen MR) is 94.6 cm³/mol. The number of aromatic amines is 1. The zero-order valence-corrected chi connectivity index (χ0v) is 14.2. The average Bonchev–Trinajstić information content (AvgIpc) is 3.06. The Morgan fingerprint density at radius 3 is 3.00 bits per heavy atom. The van der Waals surface area contributed by atoms with Gasteiger partial charge in [0.2, 0.25) is 0 Å². The minimum absolute atomic E-state index is 0.299. The van der Waals surface area contributed by atoms with E-state index in [4.69, 9.17) is 17.3 Å². The topological polar surface area (TPSA) is 70.8 Å². The lowest BCUT2D eigenvalue weighted by atomic mass is 9.94. The maximum absolute atomic E-state index is 14.6. The first-order chi connectivity index (χ1) is 12.1. The van der Waals surface area contributed by atoms with E-state index in [1.54, 1.807) is 24.7 Å². The van der Waals surface area contributed by atoms with Crippen molar-refractivity contribution in [3.05, 3.63) is 76.2 Å². The van der Waals surface area contributed by atoms with E-state index in [1.807, 2.05) is 12.1 Å². The number of hydrogen-bond acceptors (Lipinski definition) is 4. The quantitative estimate of drug-likeness (QED) is 0.754. The normalized spacial score (nSPS) is 17.4. The van der Waals surface area contributed by atoms with Crippen molar-refractivity contribution in [2.24, 2.45) is 0 Å². The molecular formula is C18H17ClFN5. The van der Waals surface area contributed by atoms with E-state index in [2.05, 4.69) is 19.9 Å². The summed E-state index contributed by atoms with van der Waals surface area (Å²) in [6.07, 6.45) is 4.14. The van der Waals surface area contributed by atoms with Gasteiger partial charge in [0.05, 0.1) is 18.1 Å². The molecule has 2 aromatic heterocycles. The third kappa shape index (κ3) is 2.99. The van der Waals surface area contributed by atoms with Crippen LogP contribution in [0.15, 0.2) is 42.9 Å². The van der Waals surface area contributed by atoms with Crippen LogP contribution in [0, 0.1) is 5.82 Å². The first kappa shape index (κ1) is 16.1. The number of imidazole rings is 1. The number of nitrogens with one attached hydrogen (secondary N) is 1. The summed E-state index contributed by atoms with van der Waals surface area (Å²) in [6.45, 7) is 1.33. The minimum Gasteiger partial charge on any atom is -0.383 e. The highest BCUT2D eigenvalue weighted by molar-refractivity contribution is 6.30. The lowest BCUT2D eigenvalue weighted by Gasteiger charge is -2.35. The van der Waals surface area contributed by atoms with E-state index < -0.39 is 0 Å². The number of nitrogens with two attached hydrogens (primary N) is 1. The van der Waals surface area contributed by atoms with Gasteiger partial charge in [-0.1, -0.05) is 23.7 Å². The van der Waals surface area contributed by atoms with Crippen molar-refractivity contribution in [1.82, 2.24) is 19.9 Å². The van der Waals surface area contributed by atoms with Gasteiger partial charge < -0.3 is 10.7 Å². The number of fused-ring (bicyclic) bond motifs is 1. The van der Waals surface area contributed by atoms with Crippen LogP contribution >= 0.6 is 11.6 Å². The molecule has 1 aliphatic heterocycles. The molecule has 0 fully saturated rings. The van der Waals surface area contributed by atoms with Crippen LogP contribution in [0.4, 0.5) is 10.2 Å². The lowest BCUT2D eigenvalue weighted by molar-refractivity contribution is 0.197. The molecule has 0 aliphatic carbocycles. The Morgan fingerprint density at radius 1 is 1.32 bits per heavy atom. The number of hydrogen-bond donors (Lipinski definition) is 2. The number of nitrogen functional groups attached to an aromatic ring is 1. The highest BCUT2D eigenvalue weighted by atomic mass is 35.5. The number of H-pyrrole nitrogens is 1. The largest absolute Gasteiger partial charge is 0.383 e. The average molecular weight is 358 g/mol. The second-order valence-corrected chi connectivity index (χ2v) is 6.54. The first-order valence-electron chi connectivity index (χ1n) is 8.04. The van der Waals surface area contributed by atoms with Gasteiger partial charge in [0.25, 0.3) is 0 Å². The molecule has 4 rings (SSSR count). The molecule has 0 saturated carbocycles. The number of nitrogens with zero attached hydrogens (tertiary/aromatic N) is 3. The SMILES string of the molecule is Nc1ncccc1CN1CCc2[nH]cnc2[C@@H]1c1ccc(Cl)cc1F. The summed E-state index contributed by atoms with van der Waals surface area (Å²) >= 11 is 5.92. The minimum atomic E-state index is -0.336. The van der Waals surface area contributed by atoms with Crippen molar-refractivity contribution < 1.29 is 4.39 Å². The Balaban J connectivity index is 1.76. The number of aromatic nitrogens is 3. The fourth-order valence-electron chi connectivity index (χ4n) is 3.37. The maximum Gasteiger partial charge on any atom is 0.129 e. The fourth-order valence-corrected chi connectivity index (χ4v) is 3.52. The summed E-state index contributed by atoms with van der Waals surface area (Å²) < 4.78 is 14.6. The van der Waals surface area contributed by atoms with Crippen molar-refractivity contribution in [3.8, 4) is 0 Å². The third-order valence-electron chi connectivity index (χ3n) is 4.58. The summed E-state index contributed by atoms with van der Waals surface area (Å²) in [5.41, 5.74) is 9.35. The van der Waals surface area contributed by atoms with E-state index in [9.17, 15) is 4.39 Å². The van der Waals surface area contributed by atoms with Gasteiger partial charge in [-0.05, 0) is 18.2 Å². The van der Waals surface area contributed by atoms with Gasteiger partial charge in [-0.3, -0.25) is 4.90 Å². The van der Waals surface area contributed by atoms with Crippen molar-refractivity contribution in [2.75, 3.05) is 12.3 Å². The molecule has 7 heteroatoms. The van der Waals surface area contributed by atoms with Crippen LogP contribution in [0.5, 0.6) is 0 Å². The fraction of sp³-hybridized carbons (Fsp3) is 0.222. The molecule has 3 aromatic rings. The molecule has 128 valence electrons. The zero-order valence-electron chi connectivity index (χ0n) is 13.4. The molecular weight excluding hydrogens is 341 g/mol. The van der Waals surface area contributed by atoms with E-state index in [0.717, 1.165) is 29.9 Å². The molecule has 0 saturated heterocycles. The summed E-state index contributed by atoms with van der Waals surface area (Å²) in [5, 5.41) is 0.377. The van der Waals surface area contributed by atoms with Crippen molar-refractivity contribution in [2.45, 2.75) is 19.0 Å². The first-order valence-corrected chi connectivity index (χ1v) is 8.42. The van der Waals surface area contributed by atoms with E-state index >= 15 is 0 Å². The standard InChI is InChI=1S/C18H17ClFN5/c19-12-3-4-13(14(20)8-12)17-16-15(23-10-24-16)5-7-25(17)9-11-2-1-6-22-18(11)21/h1-4,6,8,10,17H,5,7,9H2,(H2,21,22)(H,23,24)/t17-/m0/s1. The van der Waals surface area contributed by atoms with Gasteiger partial charge in [-0.15, -0.1) is 0 Å². The van der Waals surface area contributed by atoms with Gasteiger partial charge in [-0.2, -0.15) is 0 Å². The number of pyridine rings is 1. The Kier molecular flexibility index (Phi) is 4.15. The monoisotopic (exact) mass is 357 g/mol. The van der Waals surface area contributed by atoms with Crippen LogP contribution in [-0.4, -0.2) is 26.4 Å². The van der Waals surface area contributed by atoms with Gasteiger partial charge in [-0.25, -0.2) is 14.4 Å². The van der Waals surface area contributed by atoms with Crippen LogP contribution in [0.1, 0.15) is 28.6 Å². The number of anilines is 1. The van der Waals surface area contributed by atoms with E-state index in [-0.39, 0.29) is 11.9 Å². The van der Waals surface area contributed by atoms with Gasteiger partial charge in [0.15, 0.2) is 0 Å². The number of benzene rings is 1. The van der Waals surface area contributed by atoms with E-state index in [1.165, 1.54) is 6.07 Å². The maximum atomic E-state index is 14.6. The van der Waals surface area contributed by atoms with Crippen molar-refractivity contribution >= 4 is 17.4 Å². The molecule has 1 atom stereocenters. The van der Waals surface area contributed by atoms with Crippen LogP contribution < -0.4 is 5.73 Å². The molecule has 25 heavy (non-hydrogen) atoms. The summed E-state index contributed by atoms with van der Waals surface area (Å²) in [7, 11) is 0. The molecule has 3 heterocycles. The summed E-state index contributed by atoms with van der Waals surface area (Å²) in [5.74, 6) is 0.156. The molecule has 0 radical (unpaired) electrons. The van der Waals surface area contributed by atoms with Gasteiger partial charge >= 0.3 is 0 Å². The third-order valence-corrected chi connectivity index (χ3v) is 4.82. The Hall–Kier alpha value is -2.44. The molecule has 0 spiro atoms. The zero-order chi connectivity index (χ0) is 17.4. The predicted octanol–water partition coefficient (Wildman–Crippen LogP) is 3.33.